The summed E-state index contributed by atoms with van der Waals surface area (Å²) < 4.78 is 1.11. The van der Waals surface area contributed by atoms with Gasteiger partial charge in [0, 0.05) is 47.6 Å². The summed E-state index contributed by atoms with van der Waals surface area (Å²) in [6.45, 7) is 2.16. The molecule has 0 aromatic carbocycles. The highest BCUT2D eigenvalue weighted by atomic mass is 33.1. The summed E-state index contributed by atoms with van der Waals surface area (Å²) in [5.74, 6) is 0.258. The number of nitrogens with zero attached hydrogens (tertiary/aromatic N) is 2. The molecule has 142 valence electrons. The minimum atomic E-state index is -0.384. The molecule has 8 nitrogen and oxygen atoms in total. The Morgan fingerprint density at radius 1 is 0.808 bits per heavy atom. The molecule has 0 atom stereocenters. The molecule has 0 saturated carbocycles. The van der Waals surface area contributed by atoms with Crippen LogP contribution in [-0.4, -0.2) is 20.4 Å². The van der Waals surface area contributed by atoms with Gasteiger partial charge in [0.15, 0.2) is 23.9 Å². The maximum absolute atomic E-state index is 11.7. The van der Waals surface area contributed by atoms with Crippen molar-refractivity contribution in [3.05, 3.63) is 56.4 Å². The van der Waals surface area contributed by atoms with E-state index in [1.165, 1.54) is 47.8 Å². The molecule has 0 radical (unpaired) electrons. The minimum Gasteiger partial charge on any atom is -0.618 e. The lowest BCUT2D eigenvalue weighted by atomic mass is 10.1. The topological polar surface area (TPSA) is 135 Å². The van der Waals surface area contributed by atoms with E-state index in [2.05, 4.69) is 0 Å². The van der Waals surface area contributed by atoms with E-state index in [0.29, 0.717) is 43.2 Å². The van der Waals surface area contributed by atoms with Gasteiger partial charge in [0.05, 0.1) is 13.2 Å². The smallest absolute Gasteiger partial charge is 0.231 e. The van der Waals surface area contributed by atoms with Crippen LogP contribution in [0.1, 0.15) is 33.6 Å². The van der Waals surface area contributed by atoms with Crippen LogP contribution >= 0.6 is 21.6 Å². The lowest BCUT2D eigenvalue weighted by Gasteiger charge is -2.12. The van der Waals surface area contributed by atoms with E-state index >= 15 is 0 Å². The van der Waals surface area contributed by atoms with Gasteiger partial charge >= 0.3 is 0 Å². The third-order valence-corrected chi connectivity index (χ3v) is 6.30. The van der Waals surface area contributed by atoms with Gasteiger partial charge in [0.25, 0.3) is 0 Å². The first-order valence-electron chi connectivity index (χ1n) is 7.64. The lowest BCUT2D eigenvalue weighted by Crippen LogP contribution is -2.31. The SMILES string of the molecule is Cc1c(O)c(CO)c(CSSCc2c[n+]([O-])c(C)c(O)c2CO)c[n+]1[O-]. The van der Waals surface area contributed by atoms with Crippen molar-refractivity contribution < 1.29 is 29.9 Å². The van der Waals surface area contributed by atoms with E-state index in [4.69, 9.17) is 0 Å². The Labute approximate surface area is 158 Å². The average molecular weight is 400 g/mol. The van der Waals surface area contributed by atoms with E-state index in [-0.39, 0.29) is 36.1 Å². The zero-order valence-electron chi connectivity index (χ0n) is 14.3. The van der Waals surface area contributed by atoms with E-state index in [1.54, 1.807) is 0 Å². The molecule has 0 aliphatic heterocycles. The third-order valence-electron chi connectivity index (χ3n) is 4.07. The number of aliphatic hydroxyl groups excluding tert-OH is 2. The van der Waals surface area contributed by atoms with Crippen LogP contribution in [0.25, 0.3) is 0 Å². The number of aromatic nitrogens is 2. The molecule has 0 fully saturated rings. The van der Waals surface area contributed by atoms with Crippen molar-refractivity contribution in [2.24, 2.45) is 0 Å². The molecule has 0 aliphatic carbocycles. The first kappa shape index (κ1) is 20.4. The molecule has 0 saturated heterocycles. The largest absolute Gasteiger partial charge is 0.618 e. The molecule has 0 unspecified atom stereocenters. The minimum absolute atomic E-state index is 0.123. The van der Waals surface area contributed by atoms with E-state index in [0.717, 1.165) is 0 Å². The highest BCUT2D eigenvalue weighted by Crippen LogP contribution is 2.34. The van der Waals surface area contributed by atoms with Gasteiger partial charge in [-0.3, -0.25) is 0 Å². The zero-order valence-corrected chi connectivity index (χ0v) is 15.9. The molecule has 0 bridgehead atoms. The van der Waals surface area contributed by atoms with Gasteiger partial charge in [-0.2, -0.15) is 9.46 Å². The van der Waals surface area contributed by atoms with Gasteiger partial charge in [-0.05, 0) is 0 Å². The summed E-state index contributed by atoms with van der Waals surface area (Å²) in [5, 5.41) is 62.2. The summed E-state index contributed by atoms with van der Waals surface area (Å²) in [4.78, 5) is 0. The summed E-state index contributed by atoms with van der Waals surface area (Å²) in [7, 11) is 2.71. The highest BCUT2D eigenvalue weighted by molar-refractivity contribution is 8.76. The second-order valence-corrected chi connectivity index (χ2v) is 8.09. The number of rotatable bonds is 7. The molecule has 0 amide bonds. The number of aromatic hydroxyl groups is 2. The molecule has 4 N–H and O–H groups in total. The van der Waals surface area contributed by atoms with Gasteiger partial charge < -0.3 is 30.8 Å². The summed E-state index contributed by atoms with van der Waals surface area (Å²) >= 11 is 0. The fourth-order valence-electron chi connectivity index (χ4n) is 2.39. The highest BCUT2D eigenvalue weighted by Gasteiger charge is 2.19. The van der Waals surface area contributed by atoms with Gasteiger partial charge in [0.1, 0.15) is 0 Å². The molecule has 10 heteroatoms. The van der Waals surface area contributed by atoms with Crippen LogP contribution in [0.3, 0.4) is 0 Å². The van der Waals surface area contributed by atoms with E-state index in [9.17, 15) is 30.8 Å². The Bertz CT molecular complexity index is 749. The van der Waals surface area contributed by atoms with Crippen molar-refractivity contribution in [3.8, 4) is 11.5 Å². The number of pyridine rings is 2. The van der Waals surface area contributed by atoms with Crippen molar-refractivity contribution in [1.29, 1.82) is 0 Å². The maximum atomic E-state index is 11.7. The quantitative estimate of drug-likeness (QED) is 0.234. The Morgan fingerprint density at radius 2 is 1.15 bits per heavy atom. The van der Waals surface area contributed by atoms with Crippen LogP contribution in [0.4, 0.5) is 0 Å². The first-order chi connectivity index (χ1) is 12.3. The van der Waals surface area contributed by atoms with Crippen molar-refractivity contribution in [1.82, 2.24) is 0 Å². The molecule has 26 heavy (non-hydrogen) atoms. The third kappa shape index (κ3) is 4.09. The van der Waals surface area contributed by atoms with Crippen LogP contribution < -0.4 is 9.46 Å². The lowest BCUT2D eigenvalue weighted by molar-refractivity contribution is -0.613. The molecule has 2 rings (SSSR count). The number of aliphatic hydroxyl groups is 2. The van der Waals surface area contributed by atoms with Crippen LogP contribution in [-0.2, 0) is 24.7 Å². The summed E-state index contributed by atoms with van der Waals surface area (Å²) in [5.41, 5.74) is 1.89. The summed E-state index contributed by atoms with van der Waals surface area (Å²) in [6.07, 6.45) is 2.63. The Morgan fingerprint density at radius 3 is 1.46 bits per heavy atom. The van der Waals surface area contributed by atoms with Crippen molar-refractivity contribution in [3.63, 3.8) is 0 Å². The molecular weight excluding hydrogens is 380 g/mol. The molecule has 2 heterocycles. The summed E-state index contributed by atoms with van der Waals surface area (Å²) in [6, 6.07) is 0. The van der Waals surface area contributed by atoms with Crippen molar-refractivity contribution in [2.75, 3.05) is 0 Å². The van der Waals surface area contributed by atoms with E-state index in [1.807, 2.05) is 0 Å². The molecule has 0 aliphatic rings. The monoisotopic (exact) mass is 400 g/mol. The fraction of sp³-hybridized carbons (Fsp3) is 0.375. The molecule has 0 spiro atoms. The van der Waals surface area contributed by atoms with Crippen molar-refractivity contribution in [2.45, 2.75) is 38.6 Å². The van der Waals surface area contributed by atoms with Gasteiger partial charge in [0.2, 0.25) is 11.4 Å². The zero-order chi connectivity index (χ0) is 19.4. The molecule has 2 aromatic rings. The molecular formula is C16H20N2O6S2. The average Bonchev–Trinajstić information content (AvgIpc) is 2.61. The Balaban J connectivity index is 2.09. The van der Waals surface area contributed by atoms with Gasteiger partial charge in [-0.1, -0.05) is 21.6 Å². The fourth-order valence-corrected chi connectivity index (χ4v) is 4.57. The van der Waals surface area contributed by atoms with Crippen LogP contribution in [0, 0.1) is 24.3 Å². The van der Waals surface area contributed by atoms with Crippen LogP contribution in [0.2, 0.25) is 0 Å². The van der Waals surface area contributed by atoms with Gasteiger partial charge in [-0.25, -0.2) is 0 Å². The predicted octanol–water partition coefficient (Wildman–Crippen LogP) is 1.05. The van der Waals surface area contributed by atoms with E-state index < -0.39 is 0 Å². The normalized spacial score (nSPS) is 11.1. The van der Waals surface area contributed by atoms with Crippen LogP contribution in [0.5, 0.6) is 11.5 Å². The Kier molecular flexibility index (Phi) is 6.81. The predicted molar refractivity (Wildman–Crippen MR) is 98.0 cm³/mol. The second-order valence-electron chi connectivity index (χ2n) is 5.63. The maximum Gasteiger partial charge on any atom is 0.231 e. The number of hydrogen-bond acceptors (Lipinski definition) is 8. The van der Waals surface area contributed by atoms with Crippen molar-refractivity contribution >= 4 is 21.6 Å². The second kappa shape index (κ2) is 8.67. The standard InChI is InChI=1S/C16H20N2O6S2/c1-9-15(21)13(5-19)11(3-17(9)23)7-25-26-8-12-4-18(24)10(2)16(22)14(12)6-20/h3-4,19-22H,5-8H2,1-2H3. The van der Waals surface area contributed by atoms with Crippen LogP contribution in [0.15, 0.2) is 12.4 Å². The Hall–Kier alpha value is -1.88. The number of hydrogen-bond donors (Lipinski definition) is 4. The van der Waals surface area contributed by atoms with Gasteiger partial charge in [-0.15, -0.1) is 0 Å². The molecule has 2 aromatic heterocycles. The first-order valence-corrected chi connectivity index (χ1v) is 10.1.